The molecular weight excluding hydrogens is 164 g/mol. The average Bonchev–Trinajstić information content (AvgIpc) is 2.09. The second kappa shape index (κ2) is 7.25. The van der Waals surface area contributed by atoms with Gasteiger partial charge in [-0.1, -0.05) is 0 Å². The first-order chi connectivity index (χ1) is 5.81. The van der Waals surface area contributed by atoms with E-state index in [0.717, 1.165) is 0 Å². The third kappa shape index (κ3) is 6.26. The van der Waals surface area contributed by atoms with Crippen LogP contribution in [0, 0.1) is 11.5 Å². The third-order valence-electron chi connectivity index (χ3n) is 0.785. The van der Waals surface area contributed by atoms with Gasteiger partial charge in [0.25, 0.3) is 6.26 Å². The van der Waals surface area contributed by atoms with Crippen LogP contribution in [0.2, 0.25) is 0 Å². The van der Waals surface area contributed by atoms with Gasteiger partial charge in [-0.05, 0) is 0 Å². The Bertz CT molecular complexity index is 226. The molecule has 6 nitrogen and oxygen atoms in total. The lowest BCUT2D eigenvalue weighted by Gasteiger charge is -1.98. The van der Waals surface area contributed by atoms with E-state index in [9.17, 15) is 9.59 Å². The number of rotatable bonds is 5. The molecule has 0 rings (SSSR count). The highest BCUT2D eigenvalue weighted by Gasteiger charge is 2.00. The van der Waals surface area contributed by atoms with E-state index in [2.05, 4.69) is 14.5 Å². The lowest BCUT2D eigenvalue weighted by molar-refractivity contribution is -0.146. The minimum absolute atomic E-state index is 0.0110. The Morgan fingerprint density at radius 2 is 2.33 bits per heavy atom. The monoisotopic (exact) mass is 170 g/mol. The minimum atomic E-state index is -0.669. The molecule has 12 heavy (non-hydrogen) atoms. The van der Waals surface area contributed by atoms with Crippen LogP contribution in [0.25, 0.3) is 0 Å². The van der Waals surface area contributed by atoms with Crippen LogP contribution in [-0.4, -0.2) is 31.8 Å². The largest absolute Gasteiger partial charge is 0.461 e. The molecule has 0 atom stereocenters. The quantitative estimate of drug-likeness (QED) is 0.180. The van der Waals surface area contributed by atoms with Crippen LogP contribution in [0.1, 0.15) is 0 Å². The lowest BCUT2D eigenvalue weighted by atomic mass is 10.7. The third-order valence-corrected chi connectivity index (χ3v) is 0.785. The highest BCUT2D eigenvalue weighted by atomic mass is 16.6. The summed E-state index contributed by atoms with van der Waals surface area (Å²) in [6.45, 7) is -0.355. The summed E-state index contributed by atoms with van der Waals surface area (Å²) in [5, 5.41) is 7.87. The van der Waals surface area contributed by atoms with Gasteiger partial charge in [0, 0.05) is 0 Å². The van der Waals surface area contributed by atoms with Crippen molar-refractivity contribution in [2.24, 2.45) is 4.99 Å². The van der Waals surface area contributed by atoms with Crippen LogP contribution >= 0.6 is 0 Å². The maximum absolute atomic E-state index is 10.5. The Kier molecular flexibility index (Phi) is 6.13. The Balaban J connectivity index is 3.32. The number of hydrogen-bond acceptors (Lipinski definition) is 6. The molecule has 0 spiro atoms. The first kappa shape index (κ1) is 10.1. The molecule has 64 valence electrons. The summed E-state index contributed by atoms with van der Waals surface area (Å²) in [4.78, 5) is 23.2. The van der Waals surface area contributed by atoms with Gasteiger partial charge in [-0.15, -0.1) is 0 Å². The standard InChI is InChI=1S/C6H6N2O4/c7-4-11-3-6(10)12-2-1-8-5-9/h1-3H2. The van der Waals surface area contributed by atoms with Crippen LogP contribution in [0.15, 0.2) is 4.99 Å². The Morgan fingerprint density at radius 1 is 1.58 bits per heavy atom. The number of isocyanates is 1. The molecule has 0 saturated heterocycles. The van der Waals surface area contributed by atoms with E-state index < -0.39 is 12.6 Å². The maximum atomic E-state index is 10.5. The van der Waals surface area contributed by atoms with Gasteiger partial charge in [0.2, 0.25) is 6.08 Å². The molecule has 0 bridgehead atoms. The Hall–Kier alpha value is -1.86. The van der Waals surface area contributed by atoms with Gasteiger partial charge in [-0.3, -0.25) is 0 Å². The normalized spacial score (nSPS) is 7.58. The first-order valence-corrected chi connectivity index (χ1v) is 3.01. The minimum Gasteiger partial charge on any atom is -0.461 e. The second-order valence-electron chi connectivity index (χ2n) is 1.57. The predicted molar refractivity (Wildman–Crippen MR) is 35.5 cm³/mol. The number of nitriles is 1. The Morgan fingerprint density at radius 3 is 2.92 bits per heavy atom. The van der Waals surface area contributed by atoms with E-state index in [1.165, 1.54) is 12.3 Å². The van der Waals surface area contributed by atoms with E-state index in [-0.39, 0.29) is 13.2 Å². The van der Waals surface area contributed by atoms with Crippen molar-refractivity contribution in [1.29, 1.82) is 5.26 Å². The zero-order valence-corrected chi connectivity index (χ0v) is 6.15. The topological polar surface area (TPSA) is 88.8 Å². The lowest BCUT2D eigenvalue weighted by Crippen LogP contribution is -2.12. The summed E-state index contributed by atoms with van der Waals surface area (Å²) >= 11 is 0. The highest BCUT2D eigenvalue weighted by Crippen LogP contribution is 1.80. The number of aliphatic imine (C=N–C) groups is 1. The number of hydrogen-bond donors (Lipinski definition) is 0. The Labute approximate surface area is 68.4 Å². The summed E-state index contributed by atoms with van der Waals surface area (Å²) in [6, 6.07) is 0. The molecule has 0 amide bonds. The van der Waals surface area contributed by atoms with Gasteiger partial charge < -0.3 is 9.47 Å². The summed E-state index contributed by atoms with van der Waals surface area (Å²) < 4.78 is 8.53. The molecular formula is C6H6N2O4. The van der Waals surface area contributed by atoms with Gasteiger partial charge in [-0.2, -0.15) is 5.26 Å². The van der Waals surface area contributed by atoms with Crippen molar-refractivity contribution in [2.75, 3.05) is 19.8 Å². The van der Waals surface area contributed by atoms with Gasteiger partial charge in [0.15, 0.2) is 6.61 Å². The molecule has 0 heterocycles. The molecule has 0 radical (unpaired) electrons. The number of ether oxygens (including phenoxy) is 2. The van der Waals surface area contributed by atoms with Crippen molar-refractivity contribution in [1.82, 2.24) is 0 Å². The van der Waals surface area contributed by atoms with E-state index in [4.69, 9.17) is 5.26 Å². The molecule has 0 aliphatic carbocycles. The summed E-state index contributed by atoms with van der Waals surface area (Å²) in [5.74, 6) is -0.669. The summed E-state index contributed by atoms with van der Waals surface area (Å²) in [7, 11) is 0. The number of nitrogens with zero attached hydrogens (tertiary/aromatic N) is 2. The predicted octanol–water partition coefficient (Wildman–Crippen LogP) is -0.637. The van der Waals surface area contributed by atoms with Crippen LogP contribution in [0.5, 0.6) is 0 Å². The highest BCUT2D eigenvalue weighted by molar-refractivity contribution is 5.70. The van der Waals surface area contributed by atoms with E-state index in [1.54, 1.807) is 0 Å². The molecule has 0 aromatic rings. The van der Waals surface area contributed by atoms with Gasteiger partial charge in [-0.25, -0.2) is 14.6 Å². The van der Waals surface area contributed by atoms with Gasteiger partial charge in [0.1, 0.15) is 6.61 Å². The zero-order chi connectivity index (χ0) is 9.23. The van der Waals surface area contributed by atoms with Crippen LogP contribution < -0.4 is 0 Å². The van der Waals surface area contributed by atoms with Crippen LogP contribution in [0.3, 0.4) is 0 Å². The molecule has 0 unspecified atom stereocenters. The molecule has 0 aliphatic rings. The molecule has 0 fully saturated rings. The van der Waals surface area contributed by atoms with E-state index >= 15 is 0 Å². The second-order valence-corrected chi connectivity index (χ2v) is 1.57. The molecule has 0 aliphatic heterocycles. The van der Waals surface area contributed by atoms with Crippen molar-refractivity contribution in [3.8, 4) is 6.26 Å². The average molecular weight is 170 g/mol. The fourth-order valence-electron chi connectivity index (χ4n) is 0.384. The summed E-state index contributed by atoms with van der Waals surface area (Å²) in [6.07, 6.45) is 2.60. The van der Waals surface area contributed by atoms with Gasteiger partial charge in [0.05, 0.1) is 6.54 Å². The molecule has 0 N–H and O–H groups in total. The van der Waals surface area contributed by atoms with Crippen molar-refractivity contribution >= 4 is 12.0 Å². The number of carbonyl (C=O) groups is 1. The van der Waals surface area contributed by atoms with E-state index in [0.29, 0.717) is 0 Å². The SMILES string of the molecule is N#COCC(=O)OCCN=C=O. The number of carbonyl (C=O) groups excluding carboxylic acids is 2. The van der Waals surface area contributed by atoms with Gasteiger partial charge >= 0.3 is 5.97 Å². The van der Waals surface area contributed by atoms with Crippen LogP contribution in [-0.2, 0) is 19.1 Å². The molecule has 0 aromatic heterocycles. The molecule has 0 saturated carbocycles. The van der Waals surface area contributed by atoms with Crippen molar-refractivity contribution in [3.05, 3.63) is 0 Å². The summed E-state index contributed by atoms with van der Waals surface area (Å²) in [5.41, 5.74) is 0. The van der Waals surface area contributed by atoms with E-state index in [1.807, 2.05) is 0 Å². The number of esters is 1. The zero-order valence-electron chi connectivity index (χ0n) is 6.15. The van der Waals surface area contributed by atoms with Crippen molar-refractivity contribution in [3.63, 3.8) is 0 Å². The van der Waals surface area contributed by atoms with Crippen LogP contribution in [0.4, 0.5) is 0 Å². The maximum Gasteiger partial charge on any atom is 0.345 e. The first-order valence-electron chi connectivity index (χ1n) is 3.01. The molecule has 6 heteroatoms. The smallest absolute Gasteiger partial charge is 0.345 e. The fourth-order valence-corrected chi connectivity index (χ4v) is 0.384. The van der Waals surface area contributed by atoms with Crippen molar-refractivity contribution < 1.29 is 19.1 Å². The fraction of sp³-hybridized carbons (Fsp3) is 0.500. The molecule has 0 aromatic carbocycles. The van der Waals surface area contributed by atoms with Crippen molar-refractivity contribution in [2.45, 2.75) is 0 Å².